The molecule has 3 aromatic carbocycles. The zero-order valence-corrected chi connectivity index (χ0v) is 15.7. The van der Waals surface area contributed by atoms with Crippen molar-refractivity contribution in [3.8, 4) is 0 Å². The van der Waals surface area contributed by atoms with Crippen LogP contribution in [0.25, 0.3) is 10.8 Å². The number of nitrogens with zero attached hydrogens (tertiary/aromatic N) is 1. The summed E-state index contributed by atoms with van der Waals surface area (Å²) in [5.41, 5.74) is 2.15. The summed E-state index contributed by atoms with van der Waals surface area (Å²) >= 11 is 9.93. The van der Waals surface area contributed by atoms with Gasteiger partial charge in [-0.1, -0.05) is 51.8 Å². The Morgan fingerprint density at radius 1 is 1.12 bits per heavy atom. The average molecular weight is 432 g/mol. The van der Waals surface area contributed by atoms with E-state index in [0.717, 1.165) is 26.5 Å². The molecule has 0 spiro atoms. The number of rotatable bonds is 2. The van der Waals surface area contributed by atoms with Crippen LogP contribution >= 0.6 is 27.5 Å². The summed E-state index contributed by atoms with van der Waals surface area (Å²) in [4.78, 5) is 23.1. The lowest BCUT2D eigenvalue weighted by molar-refractivity contribution is -0.384. The van der Waals surface area contributed by atoms with Gasteiger partial charge >= 0.3 is 0 Å². The van der Waals surface area contributed by atoms with Gasteiger partial charge in [-0.15, -0.1) is 0 Å². The third-order valence-corrected chi connectivity index (χ3v) is 5.62. The monoisotopic (exact) mass is 430 g/mol. The van der Waals surface area contributed by atoms with Crippen LogP contribution in [0.4, 0.5) is 11.4 Å². The molecule has 1 aliphatic heterocycles. The van der Waals surface area contributed by atoms with E-state index in [2.05, 4.69) is 21.2 Å². The van der Waals surface area contributed by atoms with Crippen LogP contribution in [0.5, 0.6) is 0 Å². The molecule has 1 amide bonds. The maximum Gasteiger partial charge on any atom is 0.269 e. The number of nitro benzene ring substituents is 1. The van der Waals surface area contributed by atoms with Crippen molar-refractivity contribution < 1.29 is 9.72 Å². The molecule has 1 N–H and O–H groups in total. The molecule has 1 atom stereocenters. The van der Waals surface area contributed by atoms with Gasteiger partial charge in [0, 0.05) is 39.4 Å². The van der Waals surface area contributed by atoms with Crippen LogP contribution in [-0.4, -0.2) is 10.8 Å². The molecular formula is C19H12BrClN2O3. The Morgan fingerprint density at radius 2 is 1.85 bits per heavy atom. The number of hydrogen-bond donors (Lipinski definition) is 1. The number of carbonyl (C=O) groups is 1. The van der Waals surface area contributed by atoms with E-state index < -0.39 is 4.92 Å². The van der Waals surface area contributed by atoms with Crippen molar-refractivity contribution >= 4 is 55.6 Å². The quantitative estimate of drug-likeness (QED) is 0.422. The molecule has 1 heterocycles. The van der Waals surface area contributed by atoms with E-state index in [1.54, 1.807) is 0 Å². The van der Waals surface area contributed by atoms with Crippen LogP contribution in [0, 0.1) is 10.1 Å². The Hall–Kier alpha value is -2.44. The second-order valence-electron chi connectivity index (χ2n) is 6.14. The van der Waals surface area contributed by atoms with Gasteiger partial charge in [0.05, 0.1) is 10.6 Å². The van der Waals surface area contributed by atoms with Gasteiger partial charge in [0.25, 0.3) is 5.69 Å². The highest BCUT2D eigenvalue weighted by molar-refractivity contribution is 9.10. The van der Waals surface area contributed by atoms with Gasteiger partial charge in [-0.05, 0) is 28.6 Å². The Bertz CT molecular complexity index is 1080. The molecule has 0 unspecified atom stereocenters. The second kappa shape index (κ2) is 6.37. The fraction of sp³-hybridized carbons (Fsp3) is 0.105. The fourth-order valence-electron chi connectivity index (χ4n) is 3.44. The van der Waals surface area contributed by atoms with E-state index in [1.807, 2.05) is 30.3 Å². The first-order valence-corrected chi connectivity index (χ1v) is 9.07. The molecule has 0 fully saturated rings. The van der Waals surface area contributed by atoms with E-state index in [0.29, 0.717) is 10.6 Å². The average Bonchev–Trinajstić information content (AvgIpc) is 2.62. The highest BCUT2D eigenvalue weighted by Gasteiger charge is 2.30. The Morgan fingerprint density at radius 3 is 2.58 bits per heavy atom. The van der Waals surface area contributed by atoms with Crippen LogP contribution < -0.4 is 5.32 Å². The third-order valence-electron chi connectivity index (χ3n) is 4.62. The van der Waals surface area contributed by atoms with E-state index in [9.17, 15) is 14.9 Å². The van der Waals surface area contributed by atoms with Crippen molar-refractivity contribution in [2.45, 2.75) is 12.3 Å². The molecular weight excluding hydrogens is 420 g/mol. The number of fused-ring (bicyclic) bond motifs is 3. The lowest BCUT2D eigenvalue weighted by Gasteiger charge is -2.28. The molecule has 0 radical (unpaired) electrons. The van der Waals surface area contributed by atoms with E-state index in [4.69, 9.17) is 11.6 Å². The number of anilines is 1. The minimum absolute atomic E-state index is 0.0446. The lowest BCUT2D eigenvalue weighted by atomic mass is 9.83. The summed E-state index contributed by atoms with van der Waals surface area (Å²) < 4.78 is 0.898. The summed E-state index contributed by atoms with van der Waals surface area (Å²) in [6.45, 7) is 0. The first-order chi connectivity index (χ1) is 12.5. The van der Waals surface area contributed by atoms with E-state index >= 15 is 0 Å². The minimum atomic E-state index is -0.458. The van der Waals surface area contributed by atoms with Crippen molar-refractivity contribution in [1.82, 2.24) is 0 Å². The SMILES string of the molecule is O=C1C[C@H](c2cc([N+](=O)[O-])ccc2Cl)c2cc(Br)c3ccccc3c2N1. The number of hydrogen-bond acceptors (Lipinski definition) is 3. The number of nitrogens with one attached hydrogen (secondary N) is 1. The number of halogens is 2. The summed E-state index contributed by atoms with van der Waals surface area (Å²) in [7, 11) is 0. The molecule has 0 saturated heterocycles. The number of benzene rings is 3. The van der Waals surface area contributed by atoms with Gasteiger partial charge in [0.15, 0.2) is 0 Å². The van der Waals surface area contributed by atoms with Crippen LogP contribution in [0.3, 0.4) is 0 Å². The van der Waals surface area contributed by atoms with Crippen molar-refractivity contribution in [3.63, 3.8) is 0 Å². The highest BCUT2D eigenvalue weighted by atomic mass is 79.9. The standard InChI is InChI=1S/C19H12BrClN2O3/c20-16-8-15-13(14-7-10(23(25)26)5-6-17(14)21)9-18(24)22-19(15)12-4-2-1-3-11(12)16/h1-8,13H,9H2,(H,22,24)/t13-/m1/s1. The maximum absolute atomic E-state index is 12.4. The molecule has 1 aliphatic rings. The molecule has 0 aliphatic carbocycles. The highest BCUT2D eigenvalue weighted by Crippen LogP contribution is 2.45. The number of amides is 1. The Labute approximate surface area is 162 Å². The zero-order chi connectivity index (χ0) is 18.4. The van der Waals surface area contributed by atoms with Gasteiger partial charge in [0.1, 0.15) is 0 Å². The topological polar surface area (TPSA) is 72.2 Å². The normalized spacial score (nSPS) is 16.2. The largest absolute Gasteiger partial charge is 0.325 e. The van der Waals surface area contributed by atoms with Crippen molar-refractivity contribution in [2.24, 2.45) is 0 Å². The van der Waals surface area contributed by atoms with Gasteiger partial charge in [-0.2, -0.15) is 0 Å². The first kappa shape index (κ1) is 17.0. The van der Waals surface area contributed by atoms with Crippen molar-refractivity contribution in [2.75, 3.05) is 5.32 Å². The third kappa shape index (κ3) is 2.75. The molecule has 0 aromatic heterocycles. The second-order valence-corrected chi connectivity index (χ2v) is 7.40. The van der Waals surface area contributed by atoms with Gasteiger partial charge < -0.3 is 5.32 Å². The van der Waals surface area contributed by atoms with Crippen LogP contribution in [0.15, 0.2) is 53.0 Å². The van der Waals surface area contributed by atoms with E-state index in [-0.39, 0.29) is 23.9 Å². The molecule has 4 rings (SSSR count). The smallest absolute Gasteiger partial charge is 0.269 e. The summed E-state index contributed by atoms with van der Waals surface area (Å²) in [6.07, 6.45) is 0.179. The van der Waals surface area contributed by atoms with Gasteiger partial charge in [-0.3, -0.25) is 14.9 Å². The van der Waals surface area contributed by atoms with Crippen molar-refractivity contribution in [3.05, 3.63) is 79.3 Å². The van der Waals surface area contributed by atoms with Crippen LogP contribution in [-0.2, 0) is 4.79 Å². The van der Waals surface area contributed by atoms with Crippen molar-refractivity contribution in [1.29, 1.82) is 0 Å². The Balaban J connectivity index is 1.98. The number of non-ortho nitro benzene ring substituents is 1. The molecule has 0 bridgehead atoms. The van der Waals surface area contributed by atoms with E-state index in [1.165, 1.54) is 18.2 Å². The predicted octanol–water partition coefficient (Wildman–Crippen LogP) is 5.64. The van der Waals surface area contributed by atoms with Crippen LogP contribution in [0.1, 0.15) is 23.5 Å². The van der Waals surface area contributed by atoms with Gasteiger partial charge in [-0.25, -0.2) is 0 Å². The fourth-order valence-corrected chi connectivity index (χ4v) is 4.28. The van der Waals surface area contributed by atoms with Crippen LogP contribution in [0.2, 0.25) is 5.02 Å². The zero-order valence-electron chi connectivity index (χ0n) is 13.3. The molecule has 3 aromatic rings. The Kier molecular flexibility index (Phi) is 4.17. The summed E-state index contributed by atoms with van der Waals surface area (Å²) in [6, 6.07) is 14.0. The molecule has 7 heteroatoms. The maximum atomic E-state index is 12.4. The van der Waals surface area contributed by atoms with Gasteiger partial charge in [0.2, 0.25) is 5.91 Å². The minimum Gasteiger partial charge on any atom is -0.325 e. The molecule has 26 heavy (non-hydrogen) atoms. The number of nitro groups is 1. The summed E-state index contributed by atoms with van der Waals surface area (Å²) in [5, 5.41) is 16.4. The summed E-state index contributed by atoms with van der Waals surface area (Å²) in [5.74, 6) is -0.496. The first-order valence-electron chi connectivity index (χ1n) is 7.90. The number of carbonyl (C=O) groups excluding carboxylic acids is 1. The molecule has 0 saturated carbocycles. The predicted molar refractivity (Wildman–Crippen MR) is 105 cm³/mol. The molecule has 5 nitrogen and oxygen atoms in total. The lowest BCUT2D eigenvalue weighted by Crippen LogP contribution is -2.24. The molecule has 130 valence electrons.